The van der Waals surface area contributed by atoms with Gasteiger partial charge in [-0.3, -0.25) is 4.99 Å². The first-order valence-electron chi connectivity index (χ1n) is 8.61. The van der Waals surface area contributed by atoms with Gasteiger partial charge < -0.3 is 10.6 Å². The van der Waals surface area contributed by atoms with Gasteiger partial charge in [0.2, 0.25) is 10.0 Å². The quantitative estimate of drug-likeness (QED) is 0.550. The standard InChI is InChI=1S/C19H24N4O2S/c1-21-19(22-12-14-5-4-7-17(11-14)26(20,24)25)23-13-16-10-9-15-6-2-3-8-18(15)16/h2-8,11,16H,9-10,12-13H2,1H3,(H2,20,24,25)(H2,21,22,23). The van der Waals surface area contributed by atoms with Crippen molar-refractivity contribution in [2.45, 2.75) is 30.2 Å². The molecular formula is C19H24N4O2S. The number of nitrogens with two attached hydrogens (primary N) is 1. The molecule has 1 aliphatic carbocycles. The van der Waals surface area contributed by atoms with Gasteiger partial charge in [-0.25, -0.2) is 13.6 Å². The molecule has 4 N–H and O–H groups in total. The topological polar surface area (TPSA) is 96.6 Å². The van der Waals surface area contributed by atoms with Crippen LogP contribution >= 0.6 is 0 Å². The van der Waals surface area contributed by atoms with Crippen LogP contribution in [0.1, 0.15) is 29.0 Å². The molecule has 6 nitrogen and oxygen atoms in total. The summed E-state index contributed by atoms with van der Waals surface area (Å²) in [5.74, 6) is 1.17. The van der Waals surface area contributed by atoms with Crippen molar-refractivity contribution in [1.29, 1.82) is 0 Å². The first-order valence-corrected chi connectivity index (χ1v) is 10.2. The van der Waals surface area contributed by atoms with Crippen molar-refractivity contribution in [3.05, 3.63) is 65.2 Å². The Bertz CT molecular complexity index is 909. The molecule has 1 unspecified atom stereocenters. The zero-order chi connectivity index (χ0) is 18.6. The maximum Gasteiger partial charge on any atom is 0.238 e. The number of nitrogens with one attached hydrogen (secondary N) is 2. The van der Waals surface area contributed by atoms with Gasteiger partial charge in [-0.05, 0) is 41.7 Å². The average molecular weight is 372 g/mol. The van der Waals surface area contributed by atoms with Crippen LogP contribution in [0.25, 0.3) is 0 Å². The number of aryl methyl sites for hydroxylation is 1. The van der Waals surface area contributed by atoms with Crippen molar-refractivity contribution in [1.82, 2.24) is 10.6 Å². The number of hydrogen-bond donors (Lipinski definition) is 3. The van der Waals surface area contributed by atoms with Crippen LogP contribution in [0.2, 0.25) is 0 Å². The zero-order valence-electron chi connectivity index (χ0n) is 14.8. The molecule has 0 bridgehead atoms. The second kappa shape index (κ2) is 7.88. The monoisotopic (exact) mass is 372 g/mol. The Kier molecular flexibility index (Phi) is 5.58. The van der Waals surface area contributed by atoms with Crippen LogP contribution in [0.3, 0.4) is 0 Å². The Hall–Kier alpha value is -2.38. The molecule has 0 aliphatic heterocycles. The Morgan fingerprint density at radius 1 is 1.19 bits per heavy atom. The van der Waals surface area contributed by atoms with Crippen LogP contribution in [0.15, 0.2) is 58.4 Å². The van der Waals surface area contributed by atoms with Crippen molar-refractivity contribution in [2.24, 2.45) is 10.1 Å². The Balaban J connectivity index is 1.56. The average Bonchev–Trinajstić information content (AvgIpc) is 3.05. The fourth-order valence-corrected chi connectivity index (χ4v) is 3.90. The number of nitrogens with zero attached hydrogens (tertiary/aromatic N) is 1. The lowest BCUT2D eigenvalue weighted by atomic mass is 10.0. The van der Waals surface area contributed by atoms with E-state index in [0.717, 1.165) is 24.9 Å². The predicted molar refractivity (Wildman–Crippen MR) is 104 cm³/mol. The van der Waals surface area contributed by atoms with Gasteiger partial charge in [-0.2, -0.15) is 0 Å². The molecule has 0 heterocycles. The molecule has 0 saturated heterocycles. The van der Waals surface area contributed by atoms with Crippen molar-refractivity contribution >= 4 is 16.0 Å². The summed E-state index contributed by atoms with van der Waals surface area (Å²) in [6.45, 7) is 1.28. The lowest BCUT2D eigenvalue weighted by Crippen LogP contribution is -2.38. The molecule has 2 aromatic rings. The van der Waals surface area contributed by atoms with Gasteiger partial charge in [0.15, 0.2) is 5.96 Å². The number of fused-ring (bicyclic) bond motifs is 1. The molecule has 0 spiro atoms. The Labute approximate surface area is 154 Å². The van der Waals surface area contributed by atoms with Crippen LogP contribution in [0.4, 0.5) is 0 Å². The number of rotatable bonds is 5. The van der Waals surface area contributed by atoms with Crippen molar-refractivity contribution in [3.8, 4) is 0 Å². The summed E-state index contributed by atoms with van der Waals surface area (Å²) in [5, 5.41) is 11.8. The third-order valence-corrected chi connectivity index (χ3v) is 5.59. The van der Waals surface area contributed by atoms with Gasteiger partial charge in [0.25, 0.3) is 0 Å². The predicted octanol–water partition coefficient (Wildman–Crippen LogP) is 1.73. The first kappa shape index (κ1) is 18.4. The maximum atomic E-state index is 11.5. The molecule has 26 heavy (non-hydrogen) atoms. The van der Waals surface area contributed by atoms with E-state index in [0.29, 0.717) is 18.4 Å². The van der Waals surface area contributed by atoms with Crippen LogP contribution < -0.4 is 15.8 Å². The minimum absolute atomic E-state index is 0.113. The van der Waals surface area contributed by atoms with E-state index >= 15 is 0 Å². The minimum atomic E-state index is -3.69. The minimum Gasteiger partial charge on any atom is -0.356 e. The summed E-state index contributed by atoms with van der Waals surface area (Å²) in [5.41, 5.74) is 3.67. The van der Waals surface area contributed by atoms with Crippen LogP contribution in [0.5, 0.6) is 0 Å². The zero-order valence-corrected chi connectivity index (χ0v) is 15.6. The van der Waals surface area contributed by atoms with Crippen LogP contribution in [-0.4, -0.2) is 28.0 Å². The molecule has 138 valence electrons. The summed E-state index contributed by atoms with van der Waals surface area (Å²) in [7, 11) is -1.97. The highest BCUT2D eigenvalue weighted by Crippen LogP contribution is 2.32. The smallest absolute Gasteiger partial charge is 0.238 e. The molecule has 7 heteroatoms. The summed E-state index contributed by atoms with van der Waals surface area (Å²) in [6, 6.07) is 15.2. The van der Waals surface area contributed by atoms with E-state index in [9.17, 15) is 8.42 Å². The molecule has 0 radical (unpaired) electrons. The molecular weight excluding hydrogens is 348 g/mol. The highest BCUT2D eigenvalue weighted by Gasteiger charge is 2.21. The second-order valence-corrected chi connectivity index (χ2v) is 7.99. The van der Waals surface area contributed by atoms with E-state index < -0.39 is 10.0 Å². The number of primary sulfonamides is 1. The normalized spacial score (nSPS) is 17.0. The van der Waals surface area contributed by atoms with Gasteiger partial charge in [0.1, 0.15) is 0 Å². The molecule has 0 amide bonds. The molecule has 2 aromatic carbocycles. The number of hydrogen-bond acceptors (Lipinski definition) is 3. The van der Waals surface area contributed by atoms with Gasteiger partial charge in [-0.15, -0.1) is 0 Å². The van der Waals surface area contributed by atoms with E-state index in [1.807, 2.05) is 6.07 Å². The second-order valence-electron chi connectivity index (χ2n) is 6.43. The maximum absolute atomic E-state index is 11.5. The highest BCUT2D eigenvalue weighted by molar-refractivity contribution is 7.89. The summed E-state index contributed by atoms with van der Waals surface area (Å²) < 4.78 is 22.9. The molecule has 0 saturated carbocycles. The van der Waals surface area contributed by atoms with Crippen molar-refractivity contribution in [3.63, 3.8) is 0 Å². The van der Waals surface area contributed by atoms with Crippen molar-refractivity contribution < 1.29 is 8.42 Å². The fourth-order valence-electron chi connectivity index (χ4n) is 3.32. The molecule has 0 fully saturated rings. The summed E-state index contributed by atoms with van der Waals surface area (Å²) in [4.78, 5) is 4.36. The number of benzene rings is 2. The summed E-state index contributed by atoms with van der Waals surface area (Å²) >= 11 is 0. The van der Waals surface area contributed by atoms with Crippen LogP contribution in [-0.2, 0) is 23.0 Å². The highest BCUT2D eigenvalue weighted by atomic mass is 32.2. The molecule has 1 atom stereocenters. The Morgan fingerprint density at radius 3 is 2.77 bits per heavy atom. The third-order valence-electron chi connectivity index (χ3n) is 4.68. The van der Waals surface area contributed by atoms with Gasteiger partial charge in [0.05, 0.1) is 4.90 Å². The summed E-state index contributed by atoms with van der Waals surface area (Å²) in [6.07, 6.45) is 2.26. The third kappa shape index (κ3) is 4.42. The lowest BCUT2D eigenvalue weighted by Gasteiger charge is -2.16. The molecule has 1 aliphatic rings. The Morgan fingerprint density at radius 2 is 2.00 bits per heavy atom. The van der Waals surface area contributed by atoms with Crippen LogP contribution in [0, 0.1) is 0 Å². The van der Waals surface area contributed by atoms with E-state index in [4.69, 9.17) is 5.14 Å². The van der Waals surface area contributed by atoms with Crippen molar-refractivity contribution in [2.75, 3.05) is 13.6 Å². The number of aliphatic imine (C=N–C) groups is 1. The molecule has 3 rings (SSSR count). The van der Waals surface area contributed by atoms with E-state index in [-0.39, 0.29) is 4.90 Å². The number of guanidine groups is 1. The van der Waals surface area contributed by atoms with E-state index in [1.165, 1.54) is 17.2 Å². The van der Waals surface area contributed by atoms with Gasteiger partial charge >= 0.3 is 0 Å². The van der Waals surface area contributed by atoms with Gasteiger partial charge in [-0.1, -0.05) is 36.4 Å². The van der Waals surface area contributed by atoms with Gasteiger partial charge in [0, 0.05) is 26.1 Å². The number of sulfonamides is 1. The lowest BCUT2D eigenvalue weighted by molar-refractivity contribution is 0.597. The fraction of sp³-hybridized carbons (Fsp3) is 0.316. The first-order chi connectivity index (χ1) is 12.5. The SMILES string of the molecule is CN=C(NCc1cccc(S(N)(=O)=O)c1)NCC1CCc2ccccc21. The van der Waals surface area contributed by atoms with E-state index in [1.54, 1.807) is 19.2 Å². The molecule has 0 aromatic heterocycles. The largest absolute Gasteiger partial charge is 0.356 e. The van der Waals surface area contributed by atoms with E-state index in [2.05, 4.69) is 39.9 Å².